The first-order chi connectivity index (χ1) is 37.9. The fourth-order valence-electron chi connectivity index (χ4n) is 8.96. The lowest BCUT2D eigenvalue weighted by Gasteiger charge is -2.26. The second-order valence-electron chi connectivity index (χ2n) is 18.2. The van der Waals surface area contributed by atoms with Crippen LogP contribution in [0.5, 0.6) is 0 Å². The van der Waals surface area contributed by atoms with Crippen LogP contribution in [0.3, 0.4) is 0 Å². The summed E-state index contributed by atoms with van der Waals surface area (Å²) in [6.45, 7) is 0. The summed E-state index contributed by atoms with van der Waals surface area (Å²) in [6, 6.07) is 110. The van der Waals surface area contributed by atoms with Crippen LogP contribution in [0.15, 0.2) is 329 Å². The molecule has 5 heteroatoms. The van der Waals surface area contributed by atoms with Crippen molar-refractivity contribution in [2.45, 2.75) is 0 Å². The first-order valence-electron chi connectivity index (χ1n) is 25.5. The van der Waals surface area contributed by atoms with Crippen LogP contribution >= 0.6 is 47.8 Å². The monoisotopic (exact) mass is 1180 g/mol. The quantitative estimate of drug-likeness (QED) is 0.139. The zero-order chi connectivity index (χ0) is 52.6. The molecule has 0 spiro atoms. The average molecular weight is 1190 g/mol. The minimum absolute atomic E-state index is 1.09. The largest absolute Gasteiger partial charge is 0.356 e. The number of nitrogens with zero attached hydrogens (tertiary/aromatic N) is 1. The van der Waals surface area contributed by atoms with E-state index in [-0.39, 0.29) is 0 Å². The number of anilines is 5. The Labute approximate surface area is 478 Å². The van der Waals surface area contributed by atoms with Gasteiger partial charge in [0.1, 0.15) is 0 Å². The Morgan fingerprint density at radius 1 is 0.182 bits per heavy atom. The van der Waals surface area contributed by atoms with E-state index in [0.717, 1.165) is 41.9 Å². The van der Waals surface area contributed by atoms with Crippen LogP contribution in [0.2, 0.25) is 0 Å². The number of benzene rings is 12. The van der Waals surface area contributed by atoms with Crippen molar-refractivity contribution in [2.75, 3.05) is 10.2 Å². The summed E-state index contributed by atoms with van der Waals surface area (Å²) in [4.78, 5) is 2.31. The van der Waals surface area contributed by atoms with Crippen LogP contribution in [0.25, 0.3) is 66.8 Å². The Morgan fingerprint density at radius 2 is 0.351 bits per heavy atom. The highest BCUT2D eigenvalue weighted by molar-refractivity contribution is 9.11. The van der Waals surface area contributed by atoms with Gasteiger partial charge in [-0.2, -0.15) is 0 Å². The SMILES string of the molecule is Brc1ccc(-c2ccc(Br)cc2)cc1.Brc1ccc(-c2ccc(N(c3ccc(-c4ccccc4)cc3)c3ccc(-c4ccccc4)cc3)cc2)cc1.c1ccc(-c2ccc(Nc3ccc(-c4ccccc4)cc3)cc2)cc1. The average Bonchev–Trinajstić information content (AvgIpc) is 3.50. The molecule has 77 heavy (non-hydrogen) atoms. The molecule has 0 heterocycles. The molecule has 12 rings (SSSR count). The van der Waals surface area contributed by atoms with Gasteiger partial charge in [0.25, 0.3) is 0 Å². The number of hydrogen-bond acceptors (Lipinski definition) is 2. The van der Waals surface area contributed by atoms with Crippen molar-refractivity contribution in [2.24, 2.45) is 0 Å². The van der Waals surface area contributed by atoms with Crippen LogP contribution in [-0.4, -0.2) is 0 Å². The summed E-state index contributed by atoms with van der Waals surface area (Å²) in [5, 5.41) is 3.46. The maximum Gasteiger partial charge on any atom is 0.0462 e. The molecule has 0 unspecified atom stereocenters. The Bertz CT molecular complexity index is 3480. The highest BCUT2D eigenvalue weighted by Gasteiger charge is 2.14. The van der Waals surface area contributed by atoms with Crippen molar-refractivity contribution in [3.8, 4) is 66.8 Å². The lowest BCUT2D eigenvalue weighted by molar-refractivity contribution is 1.28. The third-order valence-corrected chi connectivity index (χ3v) is 14.6. The van der Waals surface area contributed by atoms with E-state index in [1.165, 1.54) is 66.8 Å². The predicted octanol–water partition coefficient (Wildman–Crippen LogP) is 22.6. The van der Waals surface area contributed by atoms with E-state index in [1.54, 1.807) is 0 Å². The van der Waals surface area contributed by atoms with Crippen molar-refractivity contribution in [3.63, 3.8) is 0 Å². The van der Waals surface area contributed by atoms with Gasteiger partial charge in [-0.1, -0.05) is 266 Å². The lowest BCUT2D eigenvalue weighted by Crippen LogP contribution is -2.09. The molecule has 372 valence electrons. The van der Waals surface area contributed by atoms with E-state index in [0.29, 0.717) is 0 Å². The molecule has 1 N–H and O–H groups in total. The number of halogens is 3. The first-order valence-corrected chi connectivity index (χ1v) is 27.8. The van der Waals surface area contributed by atoms with Gasteiger partial charge in [0.2, 0.25) is 0 Å². The lowest BCUT2D eigenvalue weighted by atomic mass is 10.0. The third kappa shape index (κ3) is 14.1. The summed E-state index contributed by atoms with van der Waals surface area (Å²) in [6.07, 6.45) is 0. The molecule has 0 aliphatic heterocycles. The molecule has 0 radical (unpaired) electrons. The number of rotatable bonds is 11. The van der Waals surface area contributed by atoms with Gasteiger partial charge in [-0.15, -0.1) is 0 Å². The van der Waals surface area contributed by atoms with E-state index in [1.807, 2.05) is 12.1 Å². The second kappa shape index (κ2) is 26.0. The van der Waals surface area contributed by atoms with Gasteiger partial charge in [-0.05, 0) is 164 Å². The molecule has 0 amide bonds. The van der Waals surface area contributed by atoms with E-state index < -0.39 is 0 Å². The first kappa shape index (κ1) is 52.1. The Kier molecular flexibility index (Phi) is 17.6. The molecule has 0 saturated carbocycles. The Morgan fingerprint density at radius 3 is 0.558 bits per heavy atom. The molecular formula is C72H53Br3N2. The van der Waals surface area contributed by atoms with E-state index in [2.05, 4.69) is 361 Å². The normalized spacial score (nSPS) is 10.5. The Hall–Kier alpha value is -8.32. The van der Waals surface area contributed by atoms with Gasteiger partial charge in [-0.3, -0.25) is 0 Å². The van der Waals surface area contributed by atoms with E-state index in [4.69, 9.17) is 0 Å². The van der Waals surface area contributed by atoms with Crippen LogP contribution in [0.1, 0.15) is 0 Å². The molecule has 2 nitrogen and oxygen atoms in total. The maximum absolute atomic E-state index is 3.53. The van der Waals surface area contributed by atoms with Crippen LogP contribution < -0.4 is 10.2 Å². The van der Waals surface area contributed by atoms with Crippen molar-refractivity contribution >= 4 is 76.2 Å². The Balaban J connectivity index is 0.000000147. The summed E-state index contributed by atoms with van der Waals surface area (Å²) < 4.78 is 3.30. The van der Waals surface area contributed by atoms with Crippen LogP contribution in [0, 0.1) is 0 Å². The fourth-order valence-corrected chi connectivity index (χ4v) is 9.76. The molecule has 0 aliphatic carbocycles. The summed E-state index contributed by atoms with van der Waals surface area (Å²) in [5.41, 5.74) is 20.2. The summed E-state index contributed by atoms with van der Waals surface area (Å²) in [5.74, 6) is 0. The maximum atomic E-state index is 3.53. The smallest absolute Gasteiger partial charge is 0.0462 e. The molecule has 0 aliphatic rings. The molecule has 0 aromatic heterocycles. The van der Waals surface area contributed by atoms with Gasteiger partial charge in [0.15, 0.2) is 0 Å². The summed E-state index contributed by atoms with van der Waals surface area (Å²) >= 11 is 10.4. The zero-order valence-corrected chi connectivity index (χ0v) is 46.9. The van der Waals surface area contributed by atoms with Gasteiger partial charge in [0, 0.05) is 41.9 Å². The molecule has 12 aromatic rings. The van der Waals surface area contributed by atoms with Crippen LogP contribution in [-0.2, 0) is 0 Å². The molecule has 0 bridgehead atoms. The number of nitrogens with one attached hydrogen (secondary N) is 1. The zero-order valence-electron chi connectivity index (χ0n) is 42.1. The number of hydrogen-bond donors (Lipinski definition) is 1. The van der Waals surface area contributed by atoms with Crippen molar-refractivity contribution < 1.29 is 0 Å². The molecule has 12 aromatic carbocycles. The molecule has 0 saturated heterocycles. The molecular weight excluding hydrogens is 1130 g/mol. The van der Waals surface area contributed by atoms with E-state index >= 15 is 0 Å². The van der Waals surface area contributed by atoms with Gasteiger partial charge in [0.05, 0.1) is 0 Å². The van der Waals surface area contributed by atoms with Crippen molar-refractivity contribution in [1.29, 1.82) is 0 Å². The standard InChI is InChI=1S/C36H26BrN.C24H19N.C12H8Br2/c37-33-19-11-29(12-20-33)32-17-25-36(26-18-32)38(34-21-13-30(14-22-34)27-7-3-1-4-8-27)35-23-15-31(16-24-35)28-9-5-2-6-10-28;1-3-7-19(8-4-1)21-11-15-23(16-12-21)25-24-17-13-22(14-18-24)20-9-5-2-6-10-20;13-11-5-1-9(2-6-11)10-3-7-12(14)8-4-10/h1-26H;1-18,25H;1-8H. The van der Waals surface area contributed by atoms with Gasteiger partial charge in [-0.25, -0.2) is 0 Å². The van der Waals surface area contributed by atoms with Crippen LogP contribution in [0.4, 0.5) is 28.4 Å². The molecule has 0 atom stereocenters. The second-order valence-corrected chi connectivity index (χ2v) is 21.0. The topological polar surface area (TPSA) is 15.3 Å². The fraction of sp³-hybridized carbons (Fsp3) is 0. The highest BCUT2D eigenvalue weighted by Crippen LogP contribution is 2.38. The highest BCUT2D eigenvalue weighted by atomic mass is 79.9. The predicted molar refractivity (Wildman–Crippen MR) is 339 cm³/mol. The van der Waals surface area contributed by atoms with Gasteiger partial charge >= 0.3 is 0 Å². The van der Waals surface area contributed by atoms with Gasteiger partial charge < -0.3 is 10.2 Å². The van der Waals surface area contributed by atoms with E-state index in [9.17, 15) is 0 Å². The molecule has 0 fully saturated rings. The minimum Gasteiger partial charge on any atom is -0.356 e. The third-order valence-electron chi connectivity index (χ3n) is 13.1. The minimum atomic E-state index is 1.09. The van der Waals surface area contributed by atoms with Crippen molar-refractivity contribution in [3.05, 3.63) is 329 Å². The van der Waals surface area contributed by atoms with Crippen molar-refractivity contribution in [1.82, 2.24) is 0 Å². The summed E-state index contributed by atoms with van der Waals surface area (Å²) in [7, 11) is 0.